The first-order chi connectivity index (χ1) is 6.02. The fourth-order valence-electron chi connectivity index (χ4n) is 0.881. The Morgan fingerprint density at radius 3 is 2.54 bits per heavy atom. The van der Waals surface area contributed by atoms with E-state index in [1.165, 1.54) is 0 Å². The maximum absolute atomic E-state index is 12.4. The summed E-state index contributed by atoms with van der Waals surface area (Å²) >= 11 is 0. The molecule has 0 heterocycles. The number of phenols is 1. The van der Waals surface area contributed by atoms with Crippen molar-refractivity contribution >= 4 is 5.97 Å². The minimum absolute atomic E-state index is 0.228. The molecule has 0 amide bonds. The highest BCUT2D eigenvalue weighted by Crippen LogP contribution is 2.24. The van der Waals surface area contributed by atoms with Gasteiger partial charge >= 0.3 is 5.97 Å². The number of carbonyl (C=O) groups is 1. The number of carboxylic acid groups (broad SMARTS) is 1. The molecule has 1 aromatic carbocycles. The second-order valence-corrected chi connectivity index (χ2v) is 2.44. The lowest BCUT2D eigenvalue weighted by Gasteiger charge is -2.07. The number of rotatable bonds is 2. The number of aromatic hydroxyl groups is 1. The summed E-state index contributed by atoms with van der Waals surface area (Å²) in [4.78, 5) is 10.3. The minimum atomic E-state index is -1.83. The summed E-state index contributed by atoms with van der Waals surface area (Å²) < 4.78 is 12.4. The van der Waals surface area contributed by atoms with Crippen molar-refractivity contribution < 1.29 is 24.5 Å². The Morgan fingerprint density at radius 1 is 1.46 bits per heavy atom. The van der Waals surface area contributed by atoms with Gasteiger partial charge in [0.1, 0.15) is 11.6 Å². The lowest BCUT2D eigenvalue weighted by molar-refractivity contribution is -0.147. The van der Waals surface area contributed by atoms with E-state index in [1.807, 2.05) is 0 Å². The summed E-state index contributed by atoms with van der Waals surface area (Å²) in [7, 11) is 0. The molecular formula is C8H7FO4. The van der Waals surface area contributed by atoms with Gasteiger partial charge in [0, 0.05) is 11.6 Å². The van der Waals surface area contributed by atoms with Crippen molar-refractivity contribution in [2.75, 3.05) is 0 Å². The standard InChI is InChI=1S/C8H7FO4/c9-4-1-2-5(6(10)3-4)7(11)8(12)13/h1-3,7,10-11H,(H,12,13). The van der Waals surface area contributed by atoms with Gasteiger partial charge in [-0.3, -0.25) is 0 Å². The van der Waals surface area contributed by atoms with E-state index in [2.05, 4.69) is 0 Å². The summed E-state index contributed by atoms with van der Waals surface area (Å²) in [5, 5.41) is 26.4. The Balaban J connectivity index is 3.08. The number of hydrogen-bond acceptors (Lipinski definition) is 3. The molecule has 0 saturated heterocycles. The Labute approximate surface area is 72.9 Å². The van der Waals surface area contributed by atoms with E-state index in [4.69, 9.17) is 15.3 Å². The van der Waals surface area contributed by atoms with Gasteiger partial charge in [0.25, 0.3) is 0 Å². The summed E-state index contributed by atoms with van der Waals surface area (Å²) in [5.41, 5.74) is -0.228. The molecule has 0 spiro atoms. The van der Waals surface area contributed by atoms with Crippen molar-refractivity contribution in [3.05, 3.63) is 29.6 Å². The molecule has 1 unspecified atom stereocenters. The predicted molar refractivity (Wildman–Crippen MR) is 40.7 cm³/mol. The molecule has 0 saturated carbocycles. The Kier molecular flexibility index (Phi) is 2.48. The van der Waals surface area contributed by atoms with Gasteiger partial charge in [0.2, 0.25) is 0 Å². The maximum Gasteiger partial charge on any atom is 0.337 e. The average Bonchev–Trinajstić information content (AvgIpc) is 2.03. The lowest BCUT2D eigenvalue weighted by Crippen LogP contribution is -2.10. The first-order valence-electron chi connectivity index (χ1n) is 3.41. The molecule has 0 radical (unpaired) electrons. The highest BCUT2D eigenvalue weighted by Gasteiger charge is 2.19. The van der Waals surface area contributed by atoms with Crippen LogP contribution < -0.4 is 0 Å². The molecule has 0 aliphatic heterocycles. The first-order valence-corrected chi connectivity index (χ1v) is 3.41. The second kappa shape index (κ2) is 3.40. The van der Waals surface area contributed by atoms with Crippen LogP contribution in [0.5, 0.6) is 5.75 Å². The molecule has 0 aromatic heterocycles. The van der Waals surface area contributed by atoms with Crippen LogP contribution in [-0.4, -0.2) is 21.3 Å². The first kappa shape index (κ1) is 9.47. The molecule has 70 valence electrons. The number of aliphatic carboxylic acids is 1. The van der Waals surface area contributed by atoms with E-state index in [0.29, 0.717) is 0 Å². The number of carboxylic acids is 1. The SMILES string of the molecule is O=C(O)C(O)c1ccc(F)cc1O. The van der Waals surface area contributed by atoms with Gasteiger partial charge in [0.15, 0.2) is 6.10 Å². The zero-order valence-corrected chi connectivity index (χ0v) is 6.44. The van der Waals surface area contributed by atoms with Crippen LogP contribution in [0.1, 0.15) is 11.7 Å². The number of hydrogen-bond donors (Lipinski definition) is 3. The van der Waals surface area contributed by atoms with Crippen LogP contribution in [0.4, 0.5) is 4.39 Å². The zero-order valence-electron chi connectivity index (χ0n) is 6.44. The molecule has 0 fully saturated rings. The quantitative estimate of drug-likeness (QED) is 0.633. The average molecular weight is 186 g/mol. The maximum atomic E-state index is 12.4. The van der Waals surface area contributed by atoms with Gasteiger partial charge in [-0.05, 0) is 12.1 Å². The van der Waals surface area contributed by atoms with Gasteiger partial charge in [-0.1, -0.05) is 0 Å². The van der Waals surface area contributed by atoms with Gasteiger partial charge in [-0.2, -0.15) is 0 Å². The van der Waals surface area contributed by atoms with E-state index in [-0.39, 0.29) is 5.56 Å². The lowest BCUT2D eigenvalue weighted by atomic mass is 10.1. The van der Waals surface area contributed by atoms with Crippen LogP contribution >= 0.6 is 0 Å². The largest absolute Gasteiger partial charge is 0.507 e. The number of aliphatic hydroxyl groups excluding tert-OH is 1. The van der Waals surface area contributed by atoms with Crippen molar-refractivity contribution in [1.29, 1.82) is 0 Å². The van der Waals surface area contributed by atoms with E-state index < -0.39 is 23.6 Å². The van der Waals surface area contributed by atoms with Crippen molar-refractivity contribution in [3.63, 3.8) is 0 Å². The molecule has 0 bridgehead atoms. The van der Waals surface area contributed by atoms with Crippen LogP contribution in [0.15, 0.2) is 18.2 Å². The summed E-state index contributed by atoms with van der Waals surface area (Å²) in [6.07, 6.45) is -1.83. The molecule has 1 rings (SSSR count). The minimum Gasteiger partial charge on any atom is -0.507 e. The van der Waals surface area contributed by atoms with Crippen LogP contribution in [0.3, 0.4) is 0 Å². The van der Waals surface area contributed by atoms with Crippen LogP contribution in [-0.2, 0) is 4.79 Å². The van der Waals surface area contributed by atoms with Crippen LogP contribution in [0.2, 0.25) is 0 Å². The predicted octanol–water partition coefficient (Wildman–Crippen LogP) is 0.649. The third-order valence-electron chi connectivity index (χ3n) is 1.52. The van der Waals surface area contributed by atoms with Crippen LogP contribution in [0.25, 0.3) is 0 Å². The molecule has 4 nitrogen and oxygen atoms in total. The Morgan fingerprint density at radius 2 is 2.08 bits per heavy atom. The monoisotopic (exact) mass is 186 g/mol. The Bertz CT molecular complexity index is 337. The Hall–Kier alpha value is -1.62. The summed E-state index contributed by atoms with van der Waals surface area (Å²) in [5.74, 6) is -2.77. The summed E-state index contributed by atoms with van der Waals surface area (Å²) in [6.45, 7) is 0. The highest BCUT2D eigenvalue weighted by molar-refractivity contribution is 5.75. The van der Waals surface area contributed by atoms with Gasteiger partial charge < -0.3 is 15.3 Å². The number of halogens is 1. The zero-order chi connectivity index (χ0) is 10.0. The van der Waals surface area contributed by atoms with Crippen molar-refractivity contribution in [1.82, 2.24) is 0 Å². The van der Waals surface area contributed by atoms with E-state index >= 15 is 0 Å². The van der Waals surface area contributed by atoms with E-state index in [0.717, 1.165) is 18.2 Å². The number of aliphatic hydroxyl groups is 1. The summed E-state index contributed by atoms with van der Waals surface area (Å²) in [6, 6.07) is 2.71. The number of benzene rings is 1. The van der Waals surface area contributed by atoms with Gasteiger partial charge in [0.05, 0.1) is 0 Å². The smallest absolute Gasteiger partial charge is 0.337 e. The normalized spacial score (nSPS) is 12.5. The van der Waals surface area contributed by atoms with Crippen molar-refractivity contribution in [3.8, 4) is 5.75 Å². The topological polar surface area (TPSA) is 77.8 Å². The molecule has 1 atom stereocenters. The van der Waals surface area contributed by atoms with Gasteiger partial charge in [-0.15, -0.1) is 0 Å². The molecule has 0 aliphatic carbocycles. The third-order valence-corrected chi connectivity index (χ3v) is 1.52. The molecular weight excluding hydrogens is 179 g/mol. The molecule has 13 heavy (non-hydrogen) atoms. The van der Waals surface area contributed by atoms with Crippen molar-refractivity contribution in [2.45, 2.75) is 6.10 Å². The molecule has 0 aliphatic rings. The number of phenolic OH excluding ortho intramolecular Hbond substituents is 1. The second-order valence-electron chi connectivity index (χ2n) is 2.44. The fraction of sp³-hybridized carbons (Fsp3) is 0.125. The van der Waals surface area contributed by atoms with Crippen LogP contribution in [0, 0.1) is 5.82 Å². The van der Waals surface area contributed by atoms with Crippen molar-refractivity contribution in [2.24, 2.45) is 0 Å². The third kappa shape index (κ3) is 1.94. The molecule has 5 heteroatoms. The highest BCUT2D eigenvalue weighted by atomic mass is 19.1. The molecule has 3 N–H and O–H groups in total. The van der Waals surface area contributed by atoms with Gasteiger partial charge in [-0.25, -0.2) is 9.18 Å². The van der Waals surface area contributed by atoms with E-state index in [9.17, 15) is 9.18 Å². The molecule has 1 aromatic rings. The van der Waals surface area contributed by atoms with E-state index in [1.54, 1.807) is 0 Å². The fourth-order valence-corrected chi connectivity index (χ4v) is 0.881.